The molecular formula is C16H24ClN3O2. The second kappa shape index (κ2) is 6.65. The molecule has 0 aromatic heterocycles. The second-order valence-corrected chi connectivity index (χ2v) is 6.95. The topological polar surface area (TPSA) is 58.8 Å². The van der Waals surface area contributed by atoms with Crippen LogP contribution in [0.5, 0.6) is 0 Å². The molecule has 1 aliphatic rings. The van der Waals surface area contributed by atoms with Gasteiger partial charge in [-0.3, -0.25) is 0 Å². The van der Waals surface area contributed by atoms with Crippen molar-refractivity contribution in [2.45, 2.75) is 32.8 Å². The van der Waals surface area contributed by atoms with E-state index in [2.05, 4.69) is 4.90 Å². The number of halogens is 1. The van der Waals surface area contributed by atoms with Crippen molar-refractivity contribution < 1.29 is 9.53 Å². The Balaban J connectivity index is 2.03. The number of hydrogen-bond acceptors (Lipinski definition) is 4. The minimum Gasteiger partial charge on any atom is -0.444 e. The highest BCUT2D eigenvalue weighted by molar-refractivity contribution is 6.31. The molecule has 1 fully saturated rings. The third-order valence-electron chi connectivity index (χ3n) is 3.48. The highest BCUT2D eigenvalue weighted by atomic mass is 35.5. The molecule has 1 heterocycles. The van der Waals surface area contributed by atoms with Crippen LogP contribution in [-0.4, -0.2) is 42.8 Å². The average Bonchev–Trinajstić information content (AvgIpc) is 2.65. The van der Waals surface area contributed by atoms with Crippen LogP contribution in [0.15, 0.2) is 18.2 Å². The van der Waals surface area contributed by atoms with Crippen LogP contribution in [0.1, 0.15) is 27.2 Å². The number of rotatable bonds is 1. The van der Waals surface area contributed by atoms with Gasteiger partial charge in [-0.1, -0.05) is 11.6 Å². The van der Waals surface area contributed by atoms with E-state index in [1.165, 1.54) is 0 Å². The maximum absolute atomic E-state index is 12.2. The molecule has 0 aliphatic carbocycles. The third kappa shape index (κ3) is 4.44. The molecular weight excluding hydrogens is 302 g/mol. The first-order chi connectivity index (χ1) is 10.3. The predicted octanol–water partition coefficient (Wildman–Crippen LogP) is 3.37. The van der Waals surface area contributed by atoms with E-state index < -0.39 is 5.60 Å². The molecule has 6 heteroatoms. The van der Waals surface area contributed by atoms with E-state index in [1.807, 2.05) is 32.9 Å². The van der Waals surface area contributed by atoms with Crippen LogP contribution in [0.4, 0.5) is 16.2 Å². The molecule has 0 unspecified atom stereocenters. The molecule has 2 N–H and O–H groups in total. The number of anilines is 2. The van der Waals surface area contributed by atoms with Crippen LogP contribution in [0, 0.1) is 0 Å². The highest BCUT2D eigenvalue weighted by Gasteiger charge is 2.25. The molecule has 1 saturated heterocycles. The Morgan fingerprint density at radius 3 is 2.64 bits per heavy atom. The summed E-state index contributed by atoms with van der Waals surface area (Å²) in [7, 11) is 0. The summed E-state index contributed by atoms with van der Waals surface area (Å²) in [6.45, 7) is 8.48. The van der Waals surface area contributed by atoms with Gasteiger partial charge in [-0.2, -0.15) is 0 Å². The number of carbonyl (C=O) groups excluding carboxylic acids is 1. The van der Waals surface area contributed by atoms with Gasteiger partial charge in [0.05, 0.1) is 11.4 Å². The van der Waals surface area contributed by atoms with Crippen LogP contribution in [-0.2, 0) is 4.74 Å². The first kappa shape index (κ1) is 16.7. The second-order valence-electron chi connectivity index (χ2n) is 6.51. The zero-order valence-corrected chi connectivity index (χ0v) is 14.2. The van der Waals surface area contributed by atoms with Crippen molar-refractivity contribution in [3.8, 4) is 0 Å². The summed E-state index contributed by atoms with van der Waals surface area (Å²) >= 11 is 6.06. The van der Waals surface area contributed by atoms with Gasteiger partial charge in [0, 0.05) is 31.2 Å². The summed E-state index contributed by atoms with van der Waals surface area (Å²) in [6, 6.07) is 5.47. The lowest BCUT2D eigenvalue weighted by molar-refractivity contribution is 0.0263. The maximum Gasteiger partial charge on any atom is 0.410 e. The zero-order valence-electron chi connectivity index (χ0n) is 13.4. The van der Waals surface area contributed by atoms with Crippen molar-refractivity contribution >= 4 is 29.1 Å². The molecule has 5 nitrogen and oxygen atoms in total. The molecule has 22 heavy (non-hydrogen) atoms. The van der Waals surface area contributed by atoms with Crippen LogP contribution >= 0.6 is 11.6 Å². The number of hydrogen-bond donors (Lipinski definition) is 1. The molecule has 0 saturated carbocycles. The van der Waals surface area contributed by atoms with Crippen molar-refractivity contribution in [3.63, 3.8) is 0 Å². The minimum atomic E-state index is -0.472. The van der Waals surface area contributed by atoms with Crippen LogP contribution in [0.2, 0.25) is 5.02 Å². The lowest BCUT2D eigenvalue weighted by Crippen LogP contribution is -2.39. The normalized spacial score (nSPS) is 16.4. The zero-order chi connectivity index (χ0) is 16.3. The Morgan fingerprint density at radius 2 is 1.95 bits per heavy atom. The van der Waals surface area contributed by atoms with E-state index in [0.717, 1.165) is 18.7 Å². The van der Waals surface area contributed by atoms with Crippen LogP contribution in [0.25, 0.3) is 0 Å². The Labute approximate surface area is 137 Å². The van der Waals surface area contributed by atoms with E-state index >= 15 is 0 Å². The first-order valence-electron chi connectivity index (χ1n) is 7.54. The lowest BCUT2D eigenvalue weighted by atomic mass is 10.2. The van der Waals surface area contributed by atoms with E-state index in [-0.39, 0.29) is 6.09 Å². The number of nitrogens with two attached hydrogens (primary N) is 1. The summed E-state index contributed by atoms with van der Waals surface area (Å²) in [5, 5.41) is 0.664. The Bertz CT molecular complexity index is 543. The molecule has 0 bridgehead atoms. The van der Waals surface area contributed by atoms with Gasteiger partial charge in [0.1, 0.15) is 5.60 Å². The molecule has 0 atom stereocenters. The smallest absolute Gasteiger partial charge is 0.410 e. The van der Waals surface area contributed by atoms with Gasteiger partial charge >= 0.3 is 6.09 Å². The SMILES string of the molecule is CC(C)(C)OC(=O)N1CCCN(c2cc(Cl)ccc2N)CC1. The summed E-state index contributed by atoms with van der Waals surface area (Å²) in [5.41, 5.74) is 7.20. The molecule has 2 rings (SSSR count). The summed E-state index contributed by atoms with van der Waals surface area (Å²) in [4.78, 5) is 16.1. The molecule has 1 amide bonds. The van der Waals surface area contributed by atoms with E-state index in [0.29, 0.717) is 30.3 Å². The molecule has 1 aliphatic heterocycles. The van der Waals surface area contributed by atoms with Crippen molar-refractivity contribution in [3.05, 3.63) is 23.2 Å². The molecule has 122 valence electrons. The summed E-state index contributed by atoms with van der Waals surface area (Å²) in [5.74, 6) is 0. The number of carbonyl (C=O) groups is 1. The fraction of sp³-hybridized carbons (Fsp3) is 0.562. The summed E-state index contributed by atoms with van der Waals surface area (Å²) in [6.07, 6.45) is 0.610. The molecule has 1 aromatic carbocycles. The van der Waals surface area contributed by atoms with E-state index in [1.54, 1.807) is 11.0 Å². The standard InChI is InChI=1S/C16H24ClN3O2/c1-16(2,3)22-15(21)20-8-4-7-19(9-10-20)14-11-12(17)5-6-13(14)18/h5-6,11H,4,7-10,18H2,1-3H3. The fourth-order valence-electron chi connectivity index (χ4n) is 2.46. The van der Waals surface area contributed by atoms with Crippen molar-refractivity contribution in [1.82, 2.24) is 4.90 Å². The highest BCUT2D eigenvalue weighted by Crippen LogP contribution is 2.28. The maximum atomic E-state index is 12.2. The molecule has 1 aromatic rings. The monoisotopic (exact) mass is 325 g/mol. The number of ether oxygens (including phenoxy) is 1. The molecule has 0 spiro atoms. The quantitative estimate of drug-likeness (QED) is 0.804. The van der Waals surface area contributed by atoms with E-state index in [9.17, 15) is 4.79 Å². The number of nitrogen functional groups attached to an aromatic ring is 1. The fourth-order valence-corrected chi connectivity index (χ4v) is 2.62. The van der Waals surface area contributed by atoms with Gasteiger partial charge < -0.3 is 20.3 Å². The van der Waals surface area contributed by atoms with Crippen molar-refractivity contribution in [1.29, 1.82) is 0 Å². The van der Waals surface area contributed by atoms with Crippen LogP contribution in [0.3, 0.4) is 0 Å². The Kier molecular flexibility index (Phi) is 5.06. The lowest BCUT2D eigenvalue weighted by Gasteiger charge is -2.27. The minimum absolute atomic E-state index is 0.256. The van der Waals surface area contributed by atoms with Gasteiger partial charge in [-0.05, 0) is 45.4 Å². The van der Waals surface area contributed by atoms with Gasteiger partial charge in [-0.15, -0.1) is 0 Å². The van der Waals surface area contributed by atoms with Gasteiger partial charge in [0.2, 0.25) is 0 Å². The van der Waals surface area contributed by atoms with Gasteiger partial charge in [0.25, 0.3) is 0 Å². The molecule has 0 radical (unpaired) electrons. The number of nitrogens with zero attached hydrogens (tertiary/aromatic N) is 2. The number of benzene rings is 1. The van der Waals surface area contributed by atoms with Gasteiger partial charge in [0.15, 0.2) is 0 Å². The number of amides is 1. The Hall–Kier alpha value is -1.62. The average molecular weight is 326 g/mol. The Morgan fingerprint density at radius 1 is 1.23 bits per heavy atom. The first-order valence-corrected chi connectivity index (χ1v) is 7.92. The largest absolute Gasteiger partial charge is 0.444 e. The van der Waals surface area contributed by atoms with E-state index in [4.69, 9.17) is 22.1 Å². The predicted molar refractivity (Wildman–Crippen MR) is 90.5 cm³/mol. The van der Waals surface area contributed by atoms with Crippen molar-refractivity contribution in [2.24, 2.45) is 0 Å². The van der Waals surface area contributed by atoms with Crippen molar-refractivity contribution in [2.75, 3.05) is 36.8 Å². The summed E-state index contributed by atoms with van der Waals surface area (Å²) < 4.78 is 5.44. The third-order valence-corrected chi connectivity index (χ3v) is 3.72. The van der Waals surface area contributed by atoms with Gasteiger partial charge in [-0.25, -0.2) is 4.79 Å². The van der Waals surface area contributed by atoms with Crippen LogP contribution < -0.4 is 10.6 Å².